The molecule has 6 heteroatoms. The van der Waals surface area contributed by atoms with Crippen LogP contribution in [0, 0.1) is 0 Å². The Bertz CT molecular complexity index is 399. The van der Waals surface area contributed by atoms with E-state index in [1.807, 2.05) is 0 Å². The van der Waals surface area contributed by atoms with Gasteiger partial charge in [-0.25, -0.2) is 0 Å². The fourth-order valence-corrected chi connectivity index (χ4v) is 1.55. The number of nitrogens with two attached hydrogens (primary N) is 1. The highest BCUT2D eigenvalue weighted by Gasteiger charge is 2.02. The molecule has 0 aliphatic carbocycles. The number of rotatable bonds is 7. The lowest BCUT2D eigenvalue weighted by molar-refractivity contribution is -0.121. The molecule has 1 rings (SSSR count). The molecule has 1 aromatic carbocycles. The number of carbonyl (C=O) groups is 1. The summed E-state index contributed by atoms with van der Waals surface area (Å²) in [5, 5.41) is 6.42. The number of anilines is 2. The molecular formula is C12H18ClN3O2. The Morgan fingerprint density at radius 3 is 2.94 bits per heavy atom. The van der Waals surface area contributed by atoms with Gasteiger partial charge in [0.25, 0.3) is 0 Å². The van der Waals surface area contributed by atoms with Crippen LogP contribution in [0.3, 0.4) is 0 Å². The lowest BCUT2D eigenvalue weighted by atomic mass is 10.2. The topological polar surface area (TPSA) is 76.4 Å². The third kappa shape index (κ3) is 5.25. The Hall–Kier alpha value is -1.46. The summed E-state index contributed by atoms with van der Waals surface area (Å²) in [6.45, 7) is 1.54. The first-order valence-electron chi connectivity index (χ1n) is 5.68. The van der Waals surface area contributed by atoms with Gasteiger partial charge in [-0.05, 0) is 18.2 Å². The van der Waals surface area contributed by atoms with Gasteiger partial charge in [-0.3, -0.25) is 4.79 Å². The molecule has 0 aliphatic heterocycles. The maximum absolute atomic E-state index is 11.4. The van der Waals surface area contributed by atoms with Crippen LogP contribution >= 0.6 is 11.6 Å². The summed E-state index contributed by atoms with van der Waals surface area (Å²) >= 11 is 5.85. The second-order valence-corrected chi connectivity index (χ2v) is 4.19. The fraction of sp³-hybridized carbons (Fsp3) is 0.417. The van der Waals surface area contributed by atoms with E-state index in [-0.39, 0.29) is 5.91 Å². The predicted molar refractivity (Wildman–Crippen MR) is 73.9 cm³/mol. The number of hydrogen-bond donors (Lipinski definition) is 3. The summed E-state index contributed by atoms with van der Waals surface area (Å²) in [7, 11) is 1.59. The molecule has 0 aromatic heterocycles. The average Bonchev–Trinajstić information content (AvgIpc) is 2.34. The summed E-state index contributed by atoms with van der Waals surface area (Å²) in [4.78, 5) is 11.4. The van der Waals surface area contributed by atoms with Crippen LogP contribution in [0.15, 0.2) is 18.2 Å². The van der Waals surface area contributed by atoms with E-state index in [2.05, 4.69) is 10.6 Å². The van der Waals surface area contributed by atoms with Crippen molar-refractivity contribution in [3.8, 4) is 0 Å². The largest absolute Gasteiger partial charge is 0.397 e. The fourth-order valence-electron chi connectivity index (χ4n) is 1.37. The molecule has 0 spiro atoms. The number of nitrogens with one attached hydrogen (secondary N) is 2. The molecule has 18 heavy (non-hydrogen) atoms. The number of halogens is 1. The van der Waals surface area contributed by atoms with Crippen molar-refractivity contribution < 1.29 is 9.53 Å². The standard InChI is InChI=1S/C12H18ClN3O2/c1-18-7-6-16-12(17)4-5-15-11-8-9(13)2-3-10(11)14/h2-3,8,15H,4-7,14H2,1H3,(H,16,17). The maximum Gasteiger partial charge on any atom is 0.221 e. The molecule has 100 valence electrons. The second-order valence-electron chi connectivity index (χ2n) is 3.75. The van der Waals surface area contributed by atoms with Crippen molar-refractivity contribution in [1.29, 1.82) is 0 Å². The highest BCUT2D eigenvalue weighted by atomic mass is 35.5. The zero-order valence-corrected chi connectivity index (χ0v) is 11.1. The second kappa shape index (κ2) is 7.79. The van der Waals surface area contributed by atoms with Crippen molar-refractivity contribution in [2.24, 2.45) is 0 Å². The first-order chi connectivity index (χ1) is 8.63. The SMILES string of the molecule is COCCNC(=O)CCNc1cc(Cl)ccc1N. The highest BCUT2D eigenvalue weighted by molar-refractivity contribution is 6.31. The normalized spacial score (nSPS) is 10.1. The molecule has 0 heterocycles. The third-order valence-electron chi connectivity index (χ3n) is 2.31. The molecule has 0 aliphatic rings. The monoisotopic (exact) mass is 271 g/mol. The van der Waals surface area contributed by atoms with Crippen LogP contribution in [0.5, 0.6) is 0 Å². The molecule has 0 radical (unpaired) electrons. The van der Waals surface area contributed by atoms with Gasteiger partial charge < -0.3 is 21.1 Å². The van der Waals surface area contributed by atoms with Crippen LogP contribution < -0.4 is 16.4 Å². The number of ether oxygens (including phenoxy) is 1. The number of amides is 1. The van der Waals surface area contributed by atoms with Crippen LogP contribution in [0.1, 0.15) is 6.42 Å². The Morgan fingerprint density at radius 1 is 1.44 bits per heavy atom. The van der Waals surface area contributed by atoms with Gasteiger partial charge >= 0.3 is 0 Å². The quantitative estimate of drug-likeness (QED) is 0.519. The van der Waals surface area contributed by atoms with E-state index in [1.54, 1.807) is 25.3 Å². The van der Waals surface area contributed by atoms with Gasteiger partial charge in [0.15, 0.2) is 0 Å². The number of methoxy groups -OCH3 is 1. The predicted octanol–water partition coefficient (Wildman–Crippen LogP) is 1.49. The van der Waals surface area contributed by atoms with E-state index < -0.39 is 0 Å². The van der Waals surface area contributed by atoms with Crippen molar-refractivity contribution in [3.05, 3.63) is 23.2 Å². The number of carbonyl (C=O) groups excluding carboxylic acids is 1. The first kappa shape index (κ1) is 14.6. The van der Waals surface area contributed by atoms with E-state index in [9.17, 15) is 4.79 Å². The van der Waals surface area contributed by atoms with Crippen molar-refractivity contribution in [1.82, 2.24) is 5.32 Å². The van der Waals surface area contributed by atoms with Crippen molar-refractivity contribution in [3.63, 3.8) is 0 Å². The summed E-state index contributed by atoms with van der Waals surface area (Å²) < 4.78 is 4.83. The molecular weight excluding hydrogens is 254 g/mol. The van der Waals surface area contributed by atoms with Crippen LogP contribution in [-0.2, 0) is 9.53 Å². The van der Waals surface area contributed by atoms with E-state index in [0.29, 0.717) is 36.8 Å². The van der Waals surface area contributed by atoms with Gasteiger partial charge in [0.2, 0.25) is 5.91 Å². The molecule has 4 N–H and O–H groups in total. The summed E-state index contributed by atoms with van der Waals surface area (Å²) in [5.41, 5.74) is 7.12. The molecule has 0 unspecified atom stereocenters. The van der Waals surface area contributed by atoms with E-state index >= 15 is 0 Å². The summed E-state index contributed by atoms with van der Waals surface area (Å²) in [5.74, 6) is -0.0276. The summed E-state index contributed by atoms with van der Waals surface area (Å²) in [6.07, 6.45) is 0.371. The maximum atomic E-state index is 11.4. The highest BCUT2D eigenvalue weighted by Crippen LogP contribution is 2.22. The molecule has 1 amide bonds. The lowest BCUT2D eigenvalue weighted by Crippen LogP contribution is -2.28. The third-order valence-corrected chi connectivity index (χ3v) is 2.55. The molecule has 1 aromatic rings. The van der Waals surface area contributed by atoms with Gasteiger partial charge in [-0.1, -0.05) is 11.6 Å². The summed E-state index contributed by atoms with van der Waals surface area (Å²) in [6, 6.07) is 5.18. The Kier molecular flexibility index (Phi) is 6.32. The van der Waals surface area contributed by atoms with E-state index in [1.165, 1.54) is 0 Å². The molecule has 0 bridgehead atoms. The van der Waals surface area contributed by atoms with Crippen molar-refractivity contribution >= 4 is 28.9 Å². The molecule has 0 saturated carbocycles. The van der Waals surface area contributed by atoms with Crippen molar-refractivity contribution in [2.75, 3.05) is 37.9 Å². The Labute approximate surface area is 112 Å². The van der Waals surface area contributed by atoms with Crippen LogP contribution in [0.2, 0.25) is 5.02 Å². The average molecular weight is 272 g/mol. The van der Waals surface area contributed by atoms with Gasteiger partial charge in [0, 0.05) is 31.6 Å². The van der Waals surface area contributed by atoms with Crippen LogP contribution in [-0.4, -0.2) is 32.7 Å². The Morgan fingerprint density at radius 2 is 2.22 bits per heavy atom. The number of hydrogen-bond acceptors (Lipinski definition) is 4. The van der Waals surface area contributed by atoms with Crippen LogP contribution in [0.25, 0.3) is 0 Å². The zero-order chi connectivity index (χ0) is 13.4. The minimum Gasteiger partial charge on any atom is -0.397 e. The molecule has 5 nitrogen and oxygen atoms in total. The minimum absolute atomic E-state index is 0.0276. The van der Waals surface area contributed by atoms with Gasteiger partial charge in [-0.15, -0.1) is 0 Å². The number of benzene rings is 1. The minimum atomic E-state index is -0.0276. The van der Waals surface area contributed by atoms with Crippen LogP contribution in [0.4, 0.5) is 11.4 Å². The van der Waals surface area contributed by atoms with Crippen molar-refractivity contribution in [2.45, 2.75) is 6.42 Å². The van der Waals surface area contributed by atoms with E-state index in [0.717, 1.165) is 5.69 Å². The van der Waals surface area contributed by atoms with E-state index in [4.69, 9.17) is 22.1 Å². The smallest absolute Gasteiger partial charge is 0.221 e. The van der Waals surface area contributed by atoms with Gasteiger partial charge in [-0.2, -0.15) is 0 Å². The number of nitrogen functional groups attached to an aromatic ring is 1. The van der Waals surface area contributed by atoms with Gasteiger partial charge in [0.1, 0.15) is 0 Å². The van der Waals surface area contributed by atoms with Gasteiger partial charge in [0.05, 0.1) is 18.0 Å². The zero-order valence-electron chi connectivity index (χ0n) is 10.3. The lowest BCUT2D eigenvalue weighted by Gasteiger charge is -2.09. The first-order valence-corrected chi connectivity index (χ1v) is 6.06. The Balaban J connectivity index is 2.28. The molecule has 0 fully saturated rings. The molecule has 0 saturated heterocycles. The molecule has 0 atom stereocenters.